The number of aliphatic hydroxyl groups excluding tert-OH is 1. The number of rotatable bonds is 8. The molecule has 0 bridgehead atoms. The minimum atomic E-state index is 0.211. The van der Waals surface area contributed by atoms with E-state index in [4.69, 9.17) is 9.52 Å². The molecule has 0 fully saturated rings. The van der Waals surface area contributed by atoms with Crippen molar-refractivity contribution in [1.29, 1.82) is 0 Å². The molecule has 2 N–H and O–H groups in total. The average molecular weight is 239 g/mol. The predicted molar refractivity (Wildman–Crippen MR) is 69.8 cm³/mol. The molecular weight excluding hydrogens is 214 g/mol. The lowest BCUT2D eigenvalue weighted by Gasteiger charge is -2.27. The molecule has 0 saturated heterocycles. The van der Waals surface area contributed by atoms with Gasteiger partial charge in [0.05, 0.1) is 12.3 Å². The van der Waals surface area contributed by atoms with Gasteiger partial charge in [0.15, 0.2) is 0 Å². The molecule has 0 aliphatic rings. The summed E-state index contributed by atoms with van der Waals surface area (Å²) >= 11 is 0. The summed E-state index contributed by atoms with van der Waals surface area (Å²) in [6.07, 6.45) is 4.64. The first-order valence-corrected chi connectivity index (χ1v) is 6.46. The van der Waals surface area contributed by atoms with E-state index < -0.39 is 0 Å². The van der Waals surface area contributed by atoms with Crippen LogP contribution < -0.4 is 5.32 Å². The molecule has 1 heterocycles. The summed E-state index contributed by atoms with van der Waals surface area (Å²) < 4.78 is 5.43. The highest BCUT2D eigenvalue weighted by Gasteiger charge is 2.20. The first kappa shape index (κ1) is 14.3. The van der Waals surface area contributed by atoms with Gasteiger partial charge in [-0.1, -0.05) is 20.8 Å². The molecule has 0 spiro atoms. The van der Waals surface area contributed by atoms with E-state index in [-0.39, 0.29) is 12.0 Å². The topological polar surface area (TPSA) is 45.4 Å². The van der Waals surface area contributed by atoms with Crippen LogP contribution in [0.3, 0.4) is 0 Å². The average Bonchev–Trinajstić information content (AvgIpc) is 2.81. The Morgan fingerprint density at radius 3 is 2.76 bits per heavy atom. The molecule has 1 aromatic rings. The van der Waals surface area contributed by atoms with Gasteiger partial charge >= 0.3 is 0 Å². The summed E-state index contributed by atoms with van der Waals surface area (Å²) in [6, 6.07) is 4.23. The highest BCUT2D eigenvalue weighted by atomic mass is 16.3. The van der Waals surface area contributed by atoms with Crippen molar-refractivity contribution in [2.24, 2.45) is 5.41 Å². The third-order valence-electron chi connectivity index (χ3n) is 3.13. The van der Waals surface area contributed by atoms with Gasteiger partial charge in [-0.2, -0.15) is 0 Å². The maximum atomic E-state index is 8.87. The zero-order valence-corrected chi connectivity index (χ0v) is 11.2. The quantitative estimate of drug-likeness (QED) is 0.732. The third kappa shape index (κ3) is 4.92. The van der Waals surface area contributed by atoms with Crippen LogP contribution in [0.2, 0.25) is 0 Å². The predicted octanol–water partition coefficient (Wildman–Crippen LogP) is 3.12. The van der Waals surface area contributed by atoms with Crippen LogP contribution >= 0.6 is 0 Å². The molecule has 17 heavy (non-hydrogen) atoms. The van der Waals surface area contributed by atoms with E-state index in [0.29, 0.717) is 6.04 Å². The van der Waals surface area contributed by atoms with Crippen LogP contribution in [0.15, 0.2) is 22.8 Å². The van der Waals surface area contributed by atoms with Gasteiger partial charge in [-0.25, -0.2) is 0 Å². The van der Waals surface area contributed by atoms with Crippen molar-refractivity contribution in [3.05, 3.63) is 24.2 Å². The lowest BCUT2D eigenvalue weighted by Crippen LogP contribution is -2.32. The van der Waals surface area contributed by atoms with Crippen molar-refractivity contribution >= 4 is 0 Å². The molecule has 0 radical (unpaired) electrons. The van der Waals surface area contributed by atoms with Crippen molar-refractivity contribution < 1.29 is 9.52 Å². The van der Waals surface area contributed by atoms with E-state index in [2.05, 4.69) is 26.1 Å². The number of aliphatic hydroxyl groups is 1. The van der Waals surface area contributed by atoms with E-state index in [9.17, 15) is 0 Å². The van der Waals surface area contributed by atoms with E-state index >= 15 is 0 Å². The van der Waals surface area contributed by atoms with Crippen molar-refractivity contribution in [2.75, 3.05) is 13.2 Å². The molecule has 0 saturated carbocycles. The normalized spacial score (nSPS) is 13.9. The van der Waals surface area contributed by atoms with E-state index in [0.717, 1.165) is 31.6 Å². The summed E-state index contributed by atoms with van der Waals surface area (Å²) in [5.74, 6) is 1.01. The fraction of sp³-hybridized carbons (Fsp3) is 0.714. The SMILES string of the molecule is CCC(NCC(C)(C)CCCO)c1ccco1. The lowest BCUT2D eigenvalue weighted by molar-refractivity contribution is 0.228. The van der Waals surface area contributed by atoms with Crippen molar-refractivity contribution in [1.82, 2.24) is 5.32 Å². The summed E-state index contributed by atoms with van der Waals surface area (Å²) in [7, 11) is 0. The molecule has 0 aromatic carbocycles. The summed E-state index contributed by atoms with van der Waals surface area (Å²) in [6.45, 7) is 7.82. The molecule has 0 amide bonds. The second kappa shape index (κ2) is 6.82. The highest BCUT2D eigenvalue weighted by molar-refractivity contribution is 5.04. The second-order valence-corrected chi connectivity index (χ2v) is 5.35. The largest absolute Gasteiger partial charge is 0.468 e. The van der Waals surface area contributed by atoms with Crippen LogP contribution in [0.4, 0.5) is 0 Å². The standard InChI is InChI=1S/C14H25NO2/c1-4-12(13-7-5-10-17-13)15-11-14(2,3)8-6-9-16/h5,7,10,12,15-16H,4,6,8-9,11H2,1-3H3. The van der Waals surface area contributed by atoms with E-state index in [1.54, 1.807) is 6.26 Å². The van der Waals surface area contributed by atoms with Gasteiger partial charge in [0.1, 0.15) is 5.76 Å². The fourth-order valence-electron chi connectivity index (χ4n) is 1.98. The number of nitrogens with one attached hydrogen (secondary N) is 1. The van der Waals surface area contributed by atoms with Crippen LogP contribution in [0.5, 0.6) is 0 Å². The molecule has 3 heteroatoms. The molecule has 98 valence electrons. The highest BCUT2D eigenvalue weighted by Crippen LogP contribution is 2.24. The van der Waals surface area contributed by atoms with Crippen molar-refractivity contribution in [3.8, 4) is 0 Å². The Kier molecular flexibility index (Phi) is 5.72. The number of furan rings is 1. The maximum absolute atomic E-state index is 8.87. The Labute approximate surface area is 104 Å². The molecule has 0 aliphatic carbocycles. The van der Waals surface area contributed by atoms with Crippen molar-refractivity contribution in [3.63, 3.8) is 0 Å². The molecule has 0 aliphatic heterocycles. The molecule has 1 rings (SSSR count). The van der Waals surface area contributed by atoms with Gasteiger partial charge in [0.25, 0.3) is 0 Å². The maximum Gasteiger partial charge on any atom is 0.120 e. The lowest BCUT2D eigenvalue weighted by atomic mass is 9.87. The molecule has 3 nitrogen and oxygen atoms in total. The first-order valence-electron chi connectivity index (χ1n) is 6.46. The van der Waals surface area contributed by atoms with Crippen LogP contribution in [0.25, 0.3) is 0 Å². The Morgan fingerprint density at radius 2 is 2.24 bits per heavy atom. The van der Waals surface area contributed by atoms with Gasteiger partial charge in [0, 0.05) is 13.2 Å². The zero-order chi connectivity index (χ0) is 12.7. The van der Waals surface area contributed by atoms with E-state index in [1.807, 2.05) is 12.1 Å². The summed E-state index contributed by atoms with van der Waals surface area (Å²) in [5.41, 5.74) is 0.211. The third-order valence-corrected chi connectivity index (χ3v) is 3.13. The smallest absolute Gasteiger partial charge is 0.120 e. The number of hydrogen-bond donors (Lipinski definition) is 2. The van der Waals surface area contributed by atoms with Crippen LogP contribution in [0, 0.1) is 5.41 Å². The van der Waals surface area contributed by atoms with Gasteiger partial charge in [-0.05, 0) is 36.8 Å². The van der Waals surface area contributed by atoms with Gasteiger partial charge < -0.3 is 14.8 Å². The monoisotopic (exact) mass is 239 g/mol. The van der Waals surface area contributed by atoms with Gasteiger partial charge in [-0.15, -0.1) is 0 Å². The molecule has 1 aromatic heterocycles. The second-order valence-electron chi connectivity index (χ2n) is 5.35. The van der Waals surface area contributed by atoms with Crippen LogP contribution in [-0.4, -0.2) is 18.3 Å². The Morgan fingerprint density at radius 1 is 1.47 bits per heavy atom. The Hall–Kier alpha value is -0.800. The van der Waals surface area contributed by atoms with Gasteiger partial charge in [0.2, 0.25) is 0 Å². The van der Waals surface area contributed by atoms with Gasteiger partial charge in [-0.3, -0.25) is 0 Å². The summed E-state index contributed by atoms with van der Waals surface area (Å²) in [5, 5.41) is 12.4. The van der Waals surface area contributed by atoms with Crippen molar-refractivity contribution in [2.45, 2.75) is 46.1 Å². The Bertz CT molecular complexity index is 293. The minimum absolute atomic E-state index is 0.211. The molecular formula is C14H25NO2. The molecule has 1 unspecified atom stereocenters. The Balaban J connectivity index is 2.42. The summed E-state index contributed by atoms with van der Waals surface area (Å²) in [4.78, 5) is 0. The van der Waals surface area contributed by atoms with Crippen LogP contribution in [0.1, 0.15) is 51.8 Å². The zero-order valence-electron chi connectivity index (χ0n) is 11.2. The van der Waals surface area contributed by atoms with E-state index in [1.165, 1.54) is 0 Å². The van der Waals surface area contributed by atoms with Crippen LogP contribution in [-0.2, 0) is 0 Å². The number of hydrogen-bond acceptors (Lipinski definition) is 3. The first-order chi connectivity index (χ1) is 8.09. The molecule has 1 atom stereocenters. The minimum Gasteiger partial charge on any atom is -0.468 e. The fourth-order valence-corrected chi connectivity index (χ4v) is 1.98.